The van der Waals surface area contributed by atoms with Gasteiger partial charge < -0.3 is 4.74 Å². The maximum Gasteiger partial charge on any atom is 0.224 e. The molecule has 1 rings (SSSR count). The number of hydrogen-bond acceptors (Lipinski definition) is 3. The van der Waals surface area contributed by atoms with Crippen LogP contribution in [0.4, 0.5) is 0 Å². The molecule has 0 aromatic carbocycles. The highest BCUT2D eigenvalue weighted by molar-refractivity contribution is 9.10. The Balaban J connectivity index is 2.72. The van der Waals surface area contributed by atoms with Crippen molar-refractivity contribution in [1.29, 1.82) is 0 Å². The van der Waals surface area contributed by atoms with E-state index in [1.54, 1.807) is 0 Å². The standard InChI is InChI=1S/C6H12BrNO3S/c1-6-4-11-3-2-8(6)12(9,10)5-7/h6H,2-5H2,1H3. The lowest BCUT2D eigenvalue weighted by Gasteiger charge is -2.31. The van der Waals surface area contributed by atoms with Crippen LogP contribution in [0, 0.1) is 0 Å². The summed E-state index contributed by atoms with van der Waals surface area (Å²) in [7, 11) is -3.10. The zero-order chi connectivity index (χ0) is 9.19. The fourth-order valence-electron chi connectivity index (χ4n) is 1.19. The summed E-state index contributed by atoms with van der Waals surface area (Å²) >= 11 is 2.96. The molecular formula is C6H12BrNO3S. The Morgan fingerprint density at radius 3 is 2.83 bits per heavy atom. The molecule has 0 radical (unpaired) electrons. The molecule has 0 aromatic heterocycles. The second kappa shape index (κ2) is 4.04. The number of rotatable bonds is 2. The molecule has 0 amide bonds. The molecule has 12 heavy (non-hydrogen) atoms. The first-order valence-electron chi connectivity index (χ1n) is 3.71. The van der Waals surface area contributed by atoms with Crippen LogP contribution in [0.25, 0.3) is 0 Å². The fraction of sp³-hybridized carbons (Fsp3) is 1.00. The second-order valence-corrected chi connectivity index (χ2v) is 5.98. The summed E-state index contributed by atoms with van der Waals surface area (Å²) in [6.07, 6.45) is 0. The van der Waals surface area contributed by atoms with E-state index < -0.39 is 10.0 Å². The average Bonchev–Trinajstić information content (AvgIpc) is 2.05. The van der Waals surface area contributed by atoms with Crippen molar-refractivity contribution in [2.45, 2.75) is 13.0 Å². The molecule has 72 valence electrons. The van der Waals surface area contributed by atoms with Gasteiger partial charge in [-0.25, -0.2) is 8.42 Å². The minimum absolute atomic E-state index is 0.00958. The van der Waals surface area contributed by atoms with E-state index in [1.165, 1.54) is 4.31 Å². The molecule has 0 bridgehead atoms. The molecule has 0 spiro atoms. The van der Waals surface area contributed by atoms with E-state index >= 15 is 0 Å². The van der Waals surface area contributed by atoms with Gasteiger partial charge in [0.15, 0.2) is 0 Å². The predicted octanol–water partition coefficient (Wildman–Crippen LogP) is 0.389. The number of morpholine rings is 1. The topological polar surface area (TPSA) is 46.6 Å². The van der Waals surface area contributed by atoms with Gasteiger partial charge in [0.25, 0.3) is 0 Å². The van der Waals surface area contributed by atoms with Crippen molar-refractivity contribution in [3.63, 3.8) is 0 Å². The van der Waals surface area contributed by atoms with Crippen LogP contribution in [0.5, 0.6) is 0 Å². The molecule has 0 N–H and O–H groups in total. The first-order chi connectivity index (χ1) is 5.58. The third kappa shape index (κ3) is 2.18. The average molecular weight is 258 g/mol. The van der Waals surface area contributed by atoms with Crippen molar-refractivity contribution in [3.8, 4) is 0 Å². The van der Waals surface area contributed by atoms with Crippen molar-refractivity contribution in [2.75, 3.05) is 24.4 Å². The quantitative estimate of drug-likeness (QED) is 0.673. The summed E-state index contributed by atoms with van der Waals surface area (Å²) in [5, 5.41) is 0. The van der Waals surface area contributed by atoms with Crippen LogP contribution in [0.15, 0.2) is 0 Å². The summed E-state index contributed by atoms with van der Waals surface area (Å²) in [6, 6.07) is -0.0405. The Bertz CT molecular complexity index is 241. The summed E-state index contributed by atoms with van der Waals surface area (Å²) < 4.78 is 29.4. The van der Waals surface area contributed by atoms with Crippen LogP contribution < -0.4 is 0 Å². The van der Waals surface area contributed by atoms with E-state index in [4.69, 9.17) is 4.74 Å². The number of halogens is 1. The number of nitrogens with zero attached hydrogens (tertiary/aromatic N) is 1. The monoisotopic (exact) mass is 257 g/mol. The SMILES string of the molecule is CC1COCCN1S(=O)(=O)CBr. The van der Waals surface area contributed by atoms with Gasteiger partial charge in [-0.2, -0.15) is 4.31 Å². The van der Waals surface area contributed by atoms with Crippen LogP contribution in [0.2, 0.25) is 0 Å². The van der Waals surface area contributed by atoms with E-state index in [0.29, 0.717) is 19.8 Å². The molecule has 1 heterocycles. The molecular weight excluding hydrogens is 246 g/mol. The van der Waals surface area contributed by atoms with Crippen LogP contribution in [-0.4, -0.2) is 43.2 Å². The largest absolute Gasteiger partial charge is 0.378 e. The lowest BCUT2D eigenvalue weighted by atomic mass is 10.3. The van der Waals surface area contributed by atoms with E-state index in [1.807, 2.05) is 6.92 Å². The van der Waals surface area contributed by atoms with Crippen LogP contribution >= 0.6 is 15.9 Å². The predicted molar refractivity (Wildman–Crippen MR) is 49.7 cm³/mol. The Hall–Kier alpha value is 0.350. The molecule has 1 atom stereocenters. The van der Waals surface area contributed by atoms with Gasteiger partial charge in [-0.3, -0.25) is 0 Å². The van der Waals surface area contributed by atoms with E-state index in [0.717, 1.165) is 0 Å². The van der Waals surface area contributed by atoms with E-state index in [2.05, 4.69) is 15.9 Å². The normalized spacial score (nSPS) is 27.3. The van der Waals surface area contributed by atoms with Crippen molar-refractivity contribution < 1.29 is 13.2 Å². The lowest BCUT2D eigenvalue weighted by Crippen LogP contribution is -2.47. The zero-order valence-electron chi connectivity index (χ0n) is 6.86. The third-order valence-electron chi connectivity index (χ3n) is 1.80. The van der Waals surface area contributed by atoms with Crippen LogP contribution in [0.1, 0.15) is 6.92 Å². The third-order valence-corrected chi connectivity index (χ3v) is 5.07. The van der Waals surface area contributed by atoms with Gasteiger partial charge in [0.1, 0.15) is 4.66 Å². The highest BCUT2D eigenvalue weighted by Crippen LogP contribution is 2.13. The maximum atomic E-state index is 11.4. The minimum atomic E-state index is -3.10. The second-order valence-electron chi connectivity index (χ2n) is 2.76. The molecule has 1 unspecified atom stereocenters. The molecule has 0 aromatic rings. The molecule has 1 aliphatic rings. The van der Waals surface area contributed by atoms with Crippen molar-refractivity contribution in [3.05, 3.63) is 0 Å². The van der Waals surface area contributed by atoms with Crippen molar-refractivity contribution in [2.24, 2.45) is 0 Å². The van der Waals surface area contributed by atoms with Crippen molar-refractivity contribution >= 4 is 26.0 Å². The molecule has 1 aliphatic heterocycles. The number of hydrogen-bond donors (Lipinski definition) is 0. The Kier molecular flexibility index (Phi) is 3.51. The van der Waals surface area contributed by atoms with Gasteiger partial charge in [0.2, 0.25) is 10.0 Å². The Morgan fingerprint density at radius 1 is 1.67 bits per heavy atom. The summed E-state index contributed by atoms with van der Waals surface area (Å²) in [5.74, 6) is 0. The van der Waals surface area contributed by atoms with Gasteiger partial charge in [0.05, 0.1) is 13.2 Å². The fourth-order valence-corrected chi connectivity index (χ4v) is 3.06. The highest BCUT2D eigenvalue weighted by atomic mass is 79.9. The molecule has 0 saturated carbocycles. The van der Waals surface area contributed by atoms with Gasteiger partial charge in [-0.1, -0.05) is 15.9 Å². The van der Waals surface area contributed by atoms with E-state index in [9.17, 15) is 8.42 Å². The Morgan fingerprint density at radius 2 is 2.33 bits per heavy atom. The first kappa shape index (κ1) is 10.4. The molecule has 1 saturated heterocycles. The van der Waals surface area contributed by atoms with Crippen LogP contribution in [-0.2, 0) is 14.8 Å². The molecule has 0 aliphatic carbocycles. The first-order valence-corrected chi connectivity index (χ1v) is 6.44. The smallest absolute Gasteiger partial charge is 0.224 e. The highest BCUT2D eigenvalue weighted by Gasteiger charge is 2.28. The molecule has 6 heteroatoms. The molecule has 4 nitrogen and oxygen atoms in total. The zero-order valence-corrected chi connectivity index (χ0v) is 9.27. The Labute approximate surface area is 81.1 Å². The number of sulfonamides is 1. The maximum absolute atomic E-state index is 11.4. The van der Waals surface area contributed by atoms with Gasteiger partial charge >= 0.3 is 0 Å². The molecule has 1 fully saturated rings. The van der Waals surface area contributed by atoms with Gasteiger partial charge in [0, 0.05) is 12.6 Å². The number of alkyl halides is 1. The van der Waals surface area contributed by atoms with Gasteiger partial charge in [-0.05, 0) is 6.92 Å². The van der Waals surface area contributed by atoms with Crippen molar-refractivity contribution in [1.82, 2.24) is 4.31 Å². The number of ether oxygens (including phenoxy) is 1. The summed E-state index contributed by atoms with van der Waals surface area (Å²) in [6.45, 7) is 3.30. The van der Waals surface area contributed by atoms with E-state index in [-0.39, 0.29) is 10.7 Å². The lowest BCUT2D eigenvalue weighted by molar-refractivity contribution is 0.0395. The summed E-state index contributed by atoms with van der Waals surface area (Å²) in [5.41, 5.74) is 0. The van der Waals surface area contributed by atoms with Gasteiger partial charge in [-0.15, -0.1) is 0 Å². The van der Waals surface area contributed by atoms with Crippen LogP contribution in [0.3, 0.4) is 0 Å². The minimum Gasteiger partial charge on any atom is -0.378 e. The summed E-state index contributed by atoms with van der Waals surface area (Å²) in [4.78, 5) is 0.